The van der Waals surface area contributed by atoms with Crippen LogP contribution in [0.15, 0.2) is 0 Å². The largest absolute Gasteiger partial charge is 0.480 e. The molecule has 0 aromatic rings. The molecule has 0 saturated heterocycles. The molecule has 0 aliphatic rings. The highest BCUT2D eigenvalue weighted by atomic mass is 16.4. The van der Waals surface area contributed by atoms with Gasteiger partial charge in [0.25, 0.3) is 0 Å². The minimum Gasteiger partial charge on any atom is -0.480 e. The van der Waals surface area contributed by atoms with E-state index >= 15 is 0 Å². The number of terminal acetylenes is 1. The summed E-state index contributed by atoms with van der Waals surface area (Å²) in [6, 6.07) is -1.30. The zero-order chi connectivity index (χ0) is 13.4. The van der Waals surface area contributed by atoms with Crippen molar-refractivity contribution in [1.82, 2.24) is 10.2 Å². The zero-order valence-corrected chi connectivity index (χ0v) is 10.6. The topological polar surface area (TPSA) is 69.6 Å². The van der Waals surface area contributed by atoms with Crippen LogP contribution in [0, 0.1) is 18.3 Å². The van der Waals surface area contributed by atoms with Gasteiger partial charge >= 0.3 is 12.0 Å². The number of amides is 2. The van der Waals surface area contributed by atoms with Gasteiger partial charge < -0.3 is 15.3 Å². The number of carbonyl (C=O) groups is 2. The van der Waals surface area contributed by atoms with Crippen molar-refractivity contribution in [3.8, 4) is 12.3 Å². The van der Waals surface area contributed by atoms with Gasteiger partial charge in [-0.1, -0.05) is 19.8 Å². The van der Waals surface area contributed by atoms with Gasteiger partial charge in [0.15, 0.2) is 0 Å². The fourth-order valence-electron chi connectivity index (χ4n) is 1.37. The maximum absolute atomic E-state index is 11.7. The average Bonchev–Trinajstić information content (AvgIpc) is 2.23. The number of rotatable bonds is 6. The Hall–Kier alpha value is -1.70. The molecule has 0 fully saturated rings. The van der Waals surface area contributed by atoms with Crippen LogP contribution in [0.2, 0.25) is 0 Å². The summed E-state index contributed by atoms with van der Waals surface area (Å²) in [7, 11) is 0. The van der Waals surface area contributed by atoms with Gasteiger partial charge in [-0.3, -0.25) is 0 Å². The standard InChI is InChI=1S/C12H20N2O3/c1-5-7-14(6-2)12(17)13-10(11(15)16)8-9(3)4/h1,9-10H,6-8H2,2-4H3,(H,13,17)(H,15,16)/t10-/m0/s1. The van der Waals surface area contributed by atoms with Crippen molar-refractivity contribution in [2.24, 2.45) is 5.92 Å². The van der Waals surface area contributed by atoms with E-state index in [-0.39, 0.29) is 12.5 Å². The smallest absolute Gasteiger partial charge is 0.326 e. The second kappa shape index (κ2) is 7.55. The molecule has 0 aliphatic carbocycles. The molecule has 0 spiro atoms. The molecule has 0 aliphatic heterocycles. The van der Waals surface area contributed by atoms with Crippen LogP contribution in [0.25, 0.3) is 0 Å². The molecule has 2 N–H and O–H groups in total. The van der Waals surface area contributed by atoms with Crippen LogP contribution < -0.4 is 5.32 Å². The molecular formula is C12H20N2O3. The number of carboxylic acid groups (broad SMARTS) is 1. The highest BCUT2D eigenvalue weighted by molar-refractivity contribution is 5.82. The molecular weight excluding hydrogens is 220 g/mol. The molecule has 0 aromatic heterocycles. The molecule has 0 unspecified atom stereocenters. The lowest BCUT2D eigenvalue weighted by Gasteiger charge is -2.22. The predicted octanol–water partition coefficient (Wildman–Crippen LogP) is 1.15. The number of nitrogens with zero attached hydrogens (tertiary/aromatic N) is 1. The van der Waals surface area contributed by atoms with Crippen LogP contribution >= 0.6 is 0 Å². The Balaban J connectivity index is 4.49. The summed E-state index contributed by atoms with van der Waals surface area (Å²) in [5, 5.41) is 11.5. The second-order valence-corrected chi connectivity index (χ2v) is 4.19. The Kier molecular flexibility index (Phi) is 6.80. The van der Waals surface area contributed by atoms with Gasteiger partial charge in [0.1, 0.15) is 6.04 Å². The van der Waals surface area contributed by atoms with E-state index in [1.165, 1.54) is 4.90 Å². The highest BCUT2D eigenvalue weighted by Crippen LogP contribution is 2.05. The van der Waals surface area contributed by atoms with Crippen LogP contribution in [-0.2, 0) is 4.79 Å². The first kappa shape index (κ1) is 15.3. The van der Waals surface area contributed by atoms with Crippen molar-refractivity contribution in [1.29, 1.82) is 0 Å². The lowest BCUT2D eigenvalue weighted by atomic mass is 10.0. The van der Waals surface area contributed by atoms with Crippen molar-refractivity contribution in [3.63, 3.8) is 0 Å². The quantitative estimate of drug-likeness (QED) is 0.684. The van der Waals surface area contributed by atoms with E-state index in [4.69, 9.17) is 11.5 Å². The van der Waals surface area contributed by atoms with Crippen LogP contribution in [0.4, 0.5) is 4.79 Å². The number of carbonyl (C=O) groups excluding carboxylic acids is 1. The van der Waals surface area contributed by atoms with E-state index in [2.05, 4.69) is 11.2 Å². The first-order valence-electron chi connectivity index (χ1n) is 5.64. The Morgan fingerprint density at radius 2 is 2.06 bits per heavy atom. The lowest BCUT2D eigenvalue weighted by Crippen LogP contribution is -2.48. The Bertz CT molecular complexity index is 307. The molecule has 5 nitrogen and oxygen atoms in total. The van der Waals surface area contributed by atoms with E-state index in [0.717, 1.165) is 0 Å². The zero-order valence-electron chi connectivity index (χ0n) is 10.6. The summed E-state index contributed by atoms with van der Waals surface area (Å²) in [6.45, 7) is 6.22. The number of hydrogen-bond donors (Lipinski definition) is 2. The molecule has 17 heavy (non-hydrogen) atoms. The highest BCUT2D eigenvalue weighted by Gasteiger charge is 2.22. The van der Waals surface area contributed by atoms with Gasteiger partial charge in [-0.05, 0) is 19.3 Å². The monoisotopic (exact) mass is 240 g/mol. The van der Waals surface area contributed by atoms with Crippen molar-refractivity contribution in [2.75, 3.05) is 13.1 Å². The number of nitrogens with one attached hydrogen (secondary N) is 1. The average molecular weight is 240 g/mol. The summed E-state index contributed by atoms with van der Waals surface area (Å²) in [4.78, 5) is 24.1. The molecule has 96 valence electrons. The fourth-order valence-corrected chi connectivity index (χ4v) is 1.37. The second-order valence-electron chi connectivity index (χ2n) is 4.19. The third-order valence-electron chi connectivity index (χ3n) is 2.25. The molecule has 5 heteroatoms. The summed E-state index contributed by atoms with van der Waals surface area (Å²) < 4.78 is 0. The molecule has 0 bridgehead atoms. The van der Waals surface area contributed by atoms with E-state index in [1.807, 2.05) is 13.8 Å². The van der Waals surface area contributed by atoms with Gasteiger partial charge in [-0.15, -0.1) is 6.42 Å². The van der Waals surface area contributed by atoms with Gasteiger partial charge in [0, 0.05) is 6.54 Å². The molecule has 1 atom stereocenters. The number of carboxylic acids is 1. The Labute approximate surface area is 102 Å². The van der Waals surface area contributed by atoms with E-state index in [1.54, 1.807) is 6.92 Å². The molecule has 0 saturated carbocycles. The predicted molar refractivity (Wildman–Crippen MR) is 65.5 cm³/mol. The SMILES string of the molecule is C#CCN(CC)C(=O)N[C@@H](CC(C)C)C(=O)O. The first-order chi connectivity index (χ1) is 7.92. The Morgan fingerprint density at radius 1 is 1.47 bits per heavy atom. The van der Waals surface area contributed by atoms with Crippen molar-refractivity contribution in [3.05, 3.63) is 0 Å². The summed E-state index contributed by atoms with van der Waals surface area (Å²) in [5.41, 5.74) is 0. The van der Waals surface area contributed by atoms with Gasteiger partial charge in [-0.25, -0.2) is 9.59 Å². The van der Waals surface area contributed by atoms with Crippen LogP contribution in [0.1, 0.15) is 27.2 Å². The van der Waals surface area contributed by atoms with Crippen LogP contribution in [0.5, 0.6) is 0 Å². The number of hydrogen-bond acceptors (Lipinski definition) is 2. The summed E-state index contributed by atoms with van der Waals surface area (Å²) in [6.07, 6.45) is 5.52. The van der Waals surface area contributed by atoms with Crippen molar-refractivity contribution >= 4 is 12.0 Å². The van der Waals surface area contributed by atoms with E-state index < -0.39 is 18.0 Å². The molecule has 0 radical (unpaired) electrons. The van der Waals surface area contributed by atoms with Gasteiger partial charge in [0.05, 0.1) is 6.54 Å². The molecule has 2 amide bonds. The summed E-state index contributed by atoms with van der Waals surface area (Å²) in [5.74, 6) is 1.53. The molecule has 0 heterocycles. The normalized spacial score (nSPS) is 11.7. The molecule has 0 rings (SSSR count). The third kappa shape index (κ3) is 5.81. The van der Waals surface area contributed by atoms with Gasteiger partial charge in [-0.2, -0.15) is 0 Å². The summed E-state index contributed by atoms with van der Waals surface area (Å²) >= 11 is 0. The van der Waals surface area contributed by atoms with Crippen LogP contribution in [0.3, 0.4) is 0 Å². The number of aliphatic carboxylic acids is 1. The maximum atomic E-state index is 11.7. The van der Waals surface area contributed by atoms with Crippen molar-refractivity contribution in [2.45, 2.75) is 33.2 Å². The van der Waals surface area contributed by atoms with Crippen LogP contribution in [-0.4, -0.2) is 41.1 Å². The lowest BCUT2D eigenvalue weighted by molar-refractivity contribution is -0.139. The Morgan fingerprint density at radius 3 is 2.41 bits per heavy atom. The van der Waals surface area contributed by atoms with E-state index in [0.29, 0.717) is 13.0 Å². The number of urea groups is 1. The minimum atomic E-state index is -1.02. The first-order valence-corrected chi connectivity index (χ1v) is 5.64. The van der Waals surface area contributed by atoms with E-state index in [9.17, 15) is 9.59 Å². The van der Waals surface area contributed by atoms with Gasteiger partial charge in [0.2, 0.25) is 0 Å². The third-order valence-corrected chi connectivity index (χ3v) is 2.25. The maximum Gasteiger partial charge on any atom is 0.326 e. The molecule has 0 aromatic carbocycles. The minimum absolute atomic E-state index is 0.177. The fraction of sp³-hybridized carbons (Fsp3) is 0.667. The van der Waals surface area contributed by atoms with Crippen molar-refractivity contribution < 1.29 is 14.7 Å².